The van der Waals surface area contributed by atoms with Crippen molar-refractivity contribution in [2.45, 2.75) is 70.3 Å². The molecular formula is C27H33F4N3O4S. The number of nitrogens with zero attached hydrogens (tertiary/aromatic N) is 2. The number of halogens is 4. The molecule has 0 bridgehead atoms. The Morgan fingerprint density at radius 3 is 2.31 bits per heavy atom. The molecule has 1 atom stereocenters. The van der Waals surface area contributed by atoms with Gasteiger partial charge >= 0.3 is 6.18 Å². The van der Waals surface area contributed by atoms with Crippen molar-refractivity contribution in [1.82, 2.24) is 10.2 Å². The summed E-state index contributed by atoms with van der Waals surface area (Å²) < 4.78 is 78.6. The van der Waals surface area contributed by atoms with Crippen molar-refractivity contribution in [3.63, 3.8) is 0 Å². The minimum absolute atomic E-state index is 0.000962. The van der Waals surface area contributed by atoms with E-state index in [1.165, 1.54) is 35.2 Å². The number of alkyl halides is 3. The summed E-state index contributed by atoms with van der Waals surface area (Å²) in [6.45, 7) is 1.39. The summed E-state index contributed by atoms with van der Waals surface area (Å²) in [4.78, 5) is 27.6. The highest BCUT2D eigenvalue weighted by atomic mass is 32.2. The normalized spacial score (nSPS) is 15.1. The molecule has 1 aliphatic carbocycles. The van der Waals surface area contributed by atoms with Gasteiger partial charge in [0.15, 0.2) is 0 Å². The van der Waals surface area contributed by atoms with Crippen LogP contribution < -0.4 is 9.62 Å². The van der Waals surface area contributed by atoms with Crippen molar-refractivity contribution < 1.29 is 35.6 Å². The number of amides is 2. The van der Waals surface area contributed by atoms with Crippen LogP contribution in [0, 0.1) is 5.82 Å². The standard InChI is InChI=1S/C27H33F4N3O4S/c1-19(26(36)32-23-8-3-4-9-23)33(18-20-12-14-22(28)15-13-20)25(35)11-6-16-34(39(2,37)38)24-10-5-7-21(17-24)27(29,30)31/h5,7,10,12-15,17,19,23H,3-4,6,8-9,11,16,18H2,1-2H3,(H,32,36). The van der Waals surface area contributed by atoms with E-state index in [-0.39, 0.29) is 43.6 Å². The van der Waals surface area contributed by atoms with Gasteiger partial charge in [-0.05, 0) is 62.1 Å². The minimum Gasteiger partial charge on any atom is -0.352 e. The van der Waals surface area contributed by atoms with Gasteiger partial charge in [0.05, 0.1) is 17.5 Å². The fourth-order valence-electron chi connectivity index (χ4n) is 4.60. The van der Waals surface area contributed by atoms with Gasteiger partial charge in [-0.15, -0.1) is 0 Å². The van der Waals surface area contributed by atoms with Crippen LogP contribution in [0.25, 0.3) is 0 Å². The number of hydrogen-bond donors (Lipinski definition) is 1. The lowest BCUT2D eigenvalue weighted by atomic mass is 10.1. The smallest absolute Gasteiger partial charge is 0.352 e. The Bertz CT molecular complexity index is 1250. The van der Waals surface area contributed by atoms with Crippen molar-refractivity contribution in [2.75, 3.05) is 17.1 Å². The van der Waals surface area contributed by atoms with E-state index in [9.17, 15) is 35.6 Å². The molecule has 39 heavy (non-hydrogen) atoms. The quantitative estimate of drug-likeness (QED) is 0.390. The average molecular weight is 572 g/mol. The van der Waals surface area contributed by atoms with E-state index >= 15 is 0 Å². The van der Waals surface area contributed by atoms with E-state index in [0.717, 1.165) is 54.4 Å². The summed E-state index contributed by atoms with van der Waals surface area (Å²) in [6.07, 6.45) is -0.175. The molecule has 214 valence electrons. The van der Waals surface area contributed by atoms with Gasteiger partial charge in [0, 0.05) is 25.6 Å². The van der Waals surface area contributed by atoms with E-state index in [2.05, 4.69) is 5.32 Å². The van der Waals surface area contributed by atoms with Crippen LogP contribution >= 0.6 is 0 Å². The summed E-state index contributed by atoms with van der Waals surface area (Å²) in [6, 6.07) is 8.69. The monoisotopic (exact) mass is 571 g/mol. The summed E-state index contributed by atoms with van der Waals surface area (Å²) in [5.41, 5.74) is -0.545. The SMILES string of the molecule is CC(C(=O)NC1CCCC1)N(Cc1ccc(F)cc1)C(=O)CCCN(c1cccc(C(F)(F)F)c1)S(C)(=O)=O. The molecular weight excluding hydrogens is 538 g/mol. The Hall–Kier alpha value is -3.15. The zero-order valence-corrected chi connectivity index (χ0v) is 22.7. The van der Waals surface area contributed by atoms with Crippen molar-refractivity contribution >= 4 is 27.5 Å². The van der Waals surface area contributed by atoms with Crippen LogP contribution in [0.5, 0.6) is 0 Å². The van der Waals surface area contributed by atoms with Crippen LogP contribution in [-0.2, 0) is 32.3 Å². The molecule has 2 aromatic rings. The highest BCUT2D eigenvalue weighted by Crippen LogP contribution is 2.32. The Morgan fingerprint density at radius 1 is 1.08 bits per heavy atom. The van der Waals surface area contributed by atoms with E-state index in [0.29, 0.717) is 5.56 Å². The summed E-state index contributed by atoms with van der Waals surface area (Å²) in [5, 5.41) is 2.97. The molecule has 0 heterocycles. The average Bonchev–Trinajstić information content (AvgIpc) is 3.37. The first-order valence-corrected chi connectivity index (χ1v) is 14.6. The number of rotatable bonds is 11. The minimum atomic E-state index is -4.65. The summed E-state index contributed by atoms with van der Waals surface area (Å²) in [5.74, 6) is -1.20. The van der Waals surface area contributed by atoms with Gasteiger partial charge in [0.2, 0.25) is 21.8 Å². The highest BCUT2D eigenvalue weighted by Gasteiger charge is 2.32. The van der Waals surface area contributed by atoms with Crippen molar-refractivity contribution in [2.24, 2.45) is 0 Å². The third-order valence-electron chi connectivity index (χ3n) is 6.75. The van der Waals surface area contributed by atoms with Gasteiger partial charge in [-0.1, -0.05) is 31.0 Å². The van der Waals surface area contributed by atoms with Crippen LogP contribution in [0.4, 0.5) is 23.2 Å². The number of sulfonamides is 1. The van der Waals surface area contributed by atoms with Gasteiger partial charge in [-0.3, -0.25) is 13.9 Å². The number of nitrogens with one attached hydrogen (secondary N) is 1. The molecule has 1 aliphatic rings. The molecule has 0 radical (unpaired) electrons. The second-order valence-corrected chi connectivity index (χ2v) is 11.7. The van der Waals surface area contributed by atoms with Crippen LogP contribution in [-0.4, -0.2) is 50.0 Å². The molecule has 2 amide bonds. The number of anilines is 1. The van der Waals surface area contributed by atoms with Gasteiger partial charge in [0.1, 0.15) is 11.9 Å². The first kappa shape index (κ1) is 30.4. The first-order chi connectivity index (χ1) is 18.3. The predicted molar refractivity (Wildman–Crippen MR) is 140 cm³/mol. The number of benzene rings is 2. The zero-order chi connectivity index (χ0) is 28.8. The fraction of sp³-hybridized carbons (Fsp3) is 0.481. The predicted octanol–water partition coefficient (Wildman–Crippen LogP) is 4.87. The van der Waals surface area contributed by atoms with Crippen molar-refractivity contribution in [3.05, 3.63) is 65.5 Å². The van der Waals surface area contributed by atoms with Gasteiger partial charge in [0.25, 0.3) is 0 Å². The summed E-state index contributed by atoms with van der Waals surface area (Å²) in [7, 11) is -3.95. The Balaban J connectivity index is 1.74. The second-order valence-electron chi connectivity index (χ2n) is 9.80. The van der Waals surface area contributed by atoms with Crippen LogP contribution in [0.3, 0.4) is 0 Å². The van der Waals surface area contributed by atoms with Crippen molar-refractivity contribution in [1.29, 1.82) is 0 Å². The molecule has 2 aromatic carbocycles. The van der Waals surface area contributed by atoms with Crippen LogP contribution in [0.15, 0.2) is 48.5 Å². The summed E-state index contributed by atoms with van der Waals surface area (Å²) >= 11 is 0. The largest absolute Gasteiger partial charge is 0.416 e. The van der Waals surface area contributed by atoms with Gasteiger partial charge < -0.3 is 10.2 Å². The molecule has 1 N–H and O–H groups in total. The molecule has 1 unspecified atom stereocenters. The first-order valence-electron chi connectivity index (χ1n) is 12.7. The van der Waals surface area contributed by atoms with Gasteiger partial charge in [-0.2, -0.15) is 13.2 Å². The third kappa shape index (κ3) is 8.67. The van der Waals surface area contributed by atoms with Crippen LogP contribution in [0.1, 0.15) is 56.6 Å². The Labute approximate surface area is 226 Å². The molecule has 1 saturated carbocycles. The molecule has 0 spiro atoms. The molecule has 0 aliphatic heterocycles. The lowest BCUT2D eigenvalue weighted by Crippen LogP contribution is -2.49. The number of hydrogen-bond acceptors (Lipinski definition) is 4. The van der Waals surface area contributed by atoms with E-state index in [1.54, 1.807) is 6.92 Å². The Morgan fingerprint density at radius 2 is 1.72 bits per heavy atom. The Kier molecular flexibility index (Phi) is 9.98. The second kappa shape index (κ2) is 12.8. The van der Waals surface area contributed by atoms with Gasteiger partial charge in [-0.25, -0.2) is 12.8 Å². The van der Waals surface area contributed by atoms with Crippen LogP contribution in [0.2, 0.25) is 0 Å². The van der Waals surface area contributed by atoms with Crippen molar-refractivity contribution in [3.8, 4) is 0 Å². The zero-order valence-electron chi connectivity index (χ0n) is 21.9. The fourth-order valence-corrected chi connectivity index (χ4v) is 5.56. The lowest BCUT2D eigenvalue weighted by Gasteiger charge is -2.30. The lowest BCUT2D eigenvalue weighted by molar-refractivity contribution is -0.141. The highest BCUT2D eigenvalue weighted by molar-refractivity contribution is 7.92. The molecule has 12 heteroatoms. The topological polar surface area (TPSA) is 86.8 Å². The molecule has 1 fully saturated rings. The molecule has 0 aromatic heterocycles. The molecule has 0 saturated heterocycles. The third-order valence-corrected chi connectivity index (χ3v) is 7.94. The van der Waals surface area contributed by atoms with E-state index in [1.807, 2.05) is 0 Å². The van der Waals surface area contributed by atoms with E-state index in [4.69, 9.17) is 0 Å². The molecule has 3 rings (SSSR count). The maximum absolute atomic E-state index is 13.4. The maximum atomic E-state index is 13.4. The number of carbonyl (C=O) groups is 2. The van der Waals surface area contributed by atoms with E-state index < -0.39 is 39.5 Å². The maximum Gasteiger partial charge on any atom is 0.416 e. The number of carbonyl (C=O) groups excluding carboxylic acids is 2. The molecule has 7 nitrogen and oxygen atoms in total.